The van der Waals surface area contributed by atoms with Gasteiger partial charge >= 0.3 is 0 Å². The third-order valence-corrected chi connectivity index (χ3v) is 5.01. The molecule has 3 rings (SSSR count). The van der Waals surface area contributed by atoms with Crippen LogP contribution in [0, 0.1) is 0 Å². The standard InChI is InChI=1S/C11H10N2OS2/c1-16(14)11-12-6-8-7-4-2-3-5-9(7)13-10(8)15-11/h2-5,13H,6H2,1H3/t16-/m0/s1. The lowest BCUT2D eigenvalue weighted by molar-refractivity contribution is 0.693. The fraction of sp³-hybridized carbons (Fsp3) is 0.182. The Balaban J connectivity index is 2.13. The van der Waals surface area contributed by atoms with Gasteiger partial charge in [-0.3, -0.25) is 9.20 Å². The zero-order valence-electron chi connectivity index (χ0n) is 8.69. The predicted molar refractivity (Wildman–Crippen MR) is 69.4 cm³/mol. The molecule has 0 radical (unpaired) electrons. The topological polar surface area (TPSA) is 45.2 Å². The first-order chi connectivity index (χ1) is 7.75. The molecular weight excluding hydrogens is 240 g/mol. The van der Waals surface area contributed by atoms with Crippen LogP contribution in [0.5, 0.6) is 0 Å². The summed E-state index contributed by atoms with van der Waals surface area (Å²) in [5.41, 5.74) is 2.34. The third kappa shape index (κ3) is 1.51. The van der Waals surface area contributed by atoms with Gasteiger partial charge in [-0.05, 0) is 17.8 Å². The summed E-state index contributed by atoms with van der Waals surface area (Å²) >= 11 is 1.49. The number of nitrogens with one attached hydrogen (secondary N) is 1. The lowest BCUT2D eigenvalue weighted by atomic mass is 10.2. The fourth-order valence-electron chi connectivity index (χ4n) is 1.83. The van der Waals surface area contributed by atoms with Crippen molar-refractivity contribution in [2.24, 2.45) is 4.99 Å². The van der Waals surface area contributed by atoms with Crippen LogP contribution >= 0.6 is 11.8 Å². The largest absolute Gasteiger partial charge is 0.349 e. The monoisotopic (exact) mass is 250 g/mol. The highest BCUT2D eigenvalue weighted by atomic mass is 32.2. The van der Waals surface area contributed by atoms with Crippen LogP contribution in [0.2, 0.25) is 0 Å². The molecule has 1 atom stereocenters. The fourth-order valence-corrected chi connectivity index (χ4v) is 3.56. The van der Waals surface area contributed by atoms with Crippen LogP contribution < -0.4 is 0 Å². The highest BCUT2D eigenvalue weighted by molar-refractivity contribution is 8.33. The van der Waals surface area contributed by atoms with Gasteiger partial charge in [-0.25, -0.2) is 0 Å². The Morgan fingerprint density at radius 3 is 3.06 bits per heavy atom. The summed E-state index contributed by atoms with van der Waals surface area (Å²) in [4.78, 5) is 7.70. The Morgan fingerprint density at radius 1 is 1.44 bits per heavy atom. The number of fused-ring (bicyclic) bond motifs is 3. The van der Waals surface area contributed by atoms with E-state index in [1.54, 1.807) is 6.26 Å². The van der Waals surface area contributed by atoms with E-state index in [9.17, 15) is 4.21 Å². The Hall–Kier alpha value is -1.07. The summed E-state index contributed by atoms with van der Waals surface area (Å²) < 4.78 is 12.1. The number of H-pyrrole nitrogens is 1. The summed E-state index contributed by atoms with van der Waals surface area (Å²) in [6.07, 6.45) is 1.67. The molecule has 1 aromatic heterocycles. The minimum absolute atomic E-state index is 0.626. The van der Waals surface area contributed by atoms with Gasteiger partial charge in [-0.15, -0.1) is 0 Å². The summed E-state index contributed by atoms with van der Waals surface area (Å²) in [6.45, 7) is 0.626. The molecule has 1 N–H and O–H groups in total. The molecule has 1 aliphatic heterocycles. The molecule has 0 unspecified atom stereocenters. The van der Waals surface area contributed by atoms with E-state index in [-0.39, 0.29) is 0 Å². The zero-order valence-corrected chi connectivity index (χ0v) is 10.3. The maximum absolute atomic E-state index is 11.4. The molecule has 3 nitrogen and oxygen atoms in total. The first-order valence-corrected chi connectivity index (χ1v) is 7.28. The van der Waals surface area contributed by atoms with Crippen molar-refractivity contribution in [3.63, 3.8) is 0 Å². The Bertz CT molecular complexity index is 615. The molecule has 16 heavy (non-hydrogen) atoms. The molecule has 0 spiro atoms. The Labute approximate surface area is 99.8 Å². The Morgan fingerprint density at radius 2 is 2.25 bits per heavy atom. The first-order valence-electron chi connectivity index (χ1n) is 4.91. The molecule has 0 amide bonds. The number of hydrogen-bond donors (Lipinski definition) is 1. The first kappa shape index (κ1) is 10.1. The number of benzene rings is 1. The molecule has 0 aliphatic carbocycles. The minimum Gasteiger partial charge on any atom is -0.349 e. The van der Waals surface area contributed by atoms with Crippen LogP contribution in [0.1, 0.15) is 5.56 Å². The van der Waals surface area contributed by atoms with Gasteiger partial charge in [0.05, 0.1) is 22.4 Å². The quantitative estimate of drug-likeness (QED) is 0.781. The van der Waals surface area contributed by atoms with Gasteiger partial charge in [0.2, 0.25) is 0 Å². The second-order valence-corrected chi connectivity index (χ2v) is 6.17. The van der Waals surface area contributed by atoms with E-state index in [0.29, 0.717) is 10.9 Å². The van der Waals surface area contributed by atoms with Crippen LogP contribution in [0.15, 0.2) is 34.3 Å². The number of para-hydroxylation sites is 1. The van der Waals surface area contributed by atoms with Crippen molar-refractivity contribution in [1.29, 1.82) is 0 Å². The van der Waals surface area contributed by atoms with Crippen molar-refractivity contribution in [2.45, 2.75) is 11.6 Å². The van der Waals surface area contributed by atoms with Gasteiger partial charge in [-0.1, -0.05) is 18.2 Å². The minimum atomic E-state index is -0.988. The Kier molecular flexibility index (Phi) is 2.37. The van der Waals surface area contributed by atoms with Gasteiger partial charge in [0, 0.05) is 22.7 Å². The average Bonchev–Trinajstić information content (AvgIpc) is 2.66. The lowest BCUT2D eigenvalue weighted by Gasteiger charge is -2.09. The molecule has 0 bridgehead atoms. The van der Waals surface area contributed by atoms with Crippen LogP contribution in [-0.2, 0) is 17.3 Å². The number of hydrogen-bond acceptors (Lipinski definition) is 3. The van der Waals surface area contributed by atoms with Crippen LogP contribution in [-0.4, -0.2) is 19.8 Å². The summed E-state index contributed by atoms with van der Waals surface area (Å²) in [6, 6.07) is 8.18. The SMILES string of the molecule is C[S@](=O)C1=NCc2c([nH]c3ccccc23)S1. The number of thioether (sulfide) groups is 1. The van der Waals surface area contributed by atoms with Crippen molar-refractivity contribution < 1.29 is 4.21 Å². The van der Waals surface area contributed by atoms with Crippen molar-refractivity contribution in [3.05, 3.63) is 29.8 Å². The predicted octanol–water partition coefficient (Wildman–Crippen LogP) is 2.51. The molecule has 1 aromatic carbocycles. The van der Waals surface area contributed by atoms with E-state index < -0.39 is 10.8 Å². The molecule has 1 aliphatic rings. The van der Waals surface area contributed by atoms with E-state index in [0.717, 1.165) is 10.5 Å². The normalized spacial score (nSPS) is 16.9. The number of nitrogens with zero attached hydrogens (tertiary/aromatic N) is 1. The molecule has 82 valence electrons. The average molecular weight is 250 g/mol. The highest BCUT2D eigenvalue weighted by Gasteiger charge is 2.19. The molecule has 2 heterocycles. The van der Waals surface area contributed by atoms with E-state index in [2.05, 4.69) is 22.1 Å². The molecule has 0 saturated heterocycles. The van der Waals surface area contributed by atoms with Gasteiger partial charge < -0.3 is 4.98 Å². The smallest absolute Gasteiger partial charge is 0.161 e. The lowest BCUT2D eigenvalue weighted by Crippen LogP contribution is -2.06. The van der Waals surface area contributed by atoms with Crippen LogP contribution in [0.4, 0.5) is 0 Å². The van der Waals surface area contributed by atoms with E-state index in [1.165, 1.54) is 22.7 Å². The maximum Gasteiger partial charge on any atom is 0.161 e. The second-order valence-electron chi connectivity index (χ2n) is 3.62. The van der Waals surface area contributed by atoms with Gasteiger partial charge in [0.25, 0.3) is 0 Å². The highest BCUT2D eigenvalue weighted by Crippen LogP contribution is 2.34. The van der Waals surface area contributed by atoms with E-state index in [4.69, 9.17) is 0 Å². The van der Waals surface area contributed by atoms with Crippen molar-refractivity contribution in [3.8, 4) is 0 Å². The molecule has 5 heteroatoms. The summed E-state index contributed by atoms with van der Waals surface area (Å²) in [5, 5.41) is 2.30. The number of aromatic amines is 1. The van der Waals surface area contributed by atoms with Crippen molar-refractivity contribution in [2.75, 3.05) is 6.26 Å². The third-order valence-electron chi connectivity index (χ3n) is 2.58. The van der Waals surface area contributed by atoms with Gasteiger partial charge in [-0.2, -0.15) is 0 Å². The summed E-state index contributed by atoms with van der Waals surface area (Å²) in [7, 11) is -0.988. The molecular formula is C11H10N2OS2. The number of aliphatic imine (C=N–C) groups is 1. The number of rotatable bonds is 0. The van der Waals surface area contributed by atoms with Crippen LogP contribution in [0.25, 0.3) is 10.9 Å². The van der Waals surface area contributed by atoms with Crippen LogP contribution in [0.3, 0.4) is 0 Å². The second kappa shape index (κ2) is 3.75. The molecule has 0 saturated carbocycles. The van der Waals surface area contributed by atoms with Gasteiger partial charge in [0.1, 0.15) is 0 Å². The number of aromatic nitrogens is 1. The molecule has 2 aromatic rings. The van der Waals surface area contributed by atoms with E-state index in [1.807, 2.05) is 12.1 Å². The summed E-state index contributed by atoms with van der Waals surface area (Å²) in [5.74, 6) is 0. The van der Waals surface area contributed by atoms with Crippen molar-refractivity contribution in [1.82, 2.24) is 4.98 Å². The van der Waals surface area contributed by atoms with Crippen molar-refractivity contribution >= 4 is 37.8 Å². The van der Waals surface area contributed by atoms with Gasteiger partial charge in [0.15, 0.2) is 4.38 Å². The zero-order chi connectivity index (χ0) is 11.1. The molecule has 0 fully saturated rings. The maximum atomic E-state index is 11.4. The van der Waals surface area contributed by atoms with E-state index >= 15 is 0 Å².